The molecule has 132 valence electrons. The van der Waals surface area contributed by atoms with Crippen LogP contribution in [0.4, 0.5) is 17.2 Å². The van der Waals surface area contributed by atoms with Crippen molar-refractivity contribution in [2.24, 2.45) is 0 Å². The van der Waals surface area contributed by atoms with Crippen molar-refractivity contribution >= 4 is 39.6 Å². The number of fused-ring (bicyclic) bond motifs is 1. The molecular weight excluding hydrogens is 352 g/mol. The molecule has 0 radical (unpaired) electrons. The molecule has 2 heterocycles. The number of piperazine rings is 1. The first-order chi connectivity index (χ1) is 12.6. The molecule has 0 bridgehead atoms. The third-order valence-corrected chi connectivity index (χ3v) is 5.00. The quantitative estimate of drug-likeness (QED) is 0.395. The topological polar surface area (TPSA) is 62.5 Å². The molecule has 2 aromatic carbocycles. The first-order valence-corrected chi connectivity index (χ1v) is 8.79. The molecule has 1 aliphatic heterocycles. The molecule has 0 amide bonds. The van der Waals surface area contributed by atoms with Crippen LogP contribution < -0.4 is 9.80 Å². The second kappa shape index (κ2) is 6.80. The van der Waals surface area contributed by atoms with Crippen LogP contribution in [0.5, 0.6) is 0 Å². The summed E-state index contributed by atoms with van der Waals surface area (Å²) >= 11 is 6.34. The normalized spacial score (nSPS) is 14.7. The predicted molar refractivity (Wildman–Crippen MR) is 104 cm³/mol. The highest BCUT2D eigenvalue weighted by atomic mass is 35.5. The van der Waals surface area contributed by atoms with E-state index >= 15 is 0 Å². The number of hydrogen-bond acceptors (Lipinski definition) is 5. The summed E-state index contributed by atoms with van der Waals surface area (Å²) in [5.74, 6) is 0.886. The molecule has 0 saturated carbocycles. The Morgan fingerprint density at radius 3 is 2.31 bits per heavy atom. The number of nitro benzene ring substituents is 1. The van der Waals surface area contributed by atoms with Crippen LogP contribution in [0.2, 0.25) is 5.15 Å². The fraction of sp³-hybridized carbons (Fsp3) is 0.211. The van der Waals surface area contributed by atoms with E-state index in [1.54, 1.807) is 24.3 Å². The molecule has 7 heteroatoms. The van der Waals surface area contributed by atoms with E-state index in [1.165, 1.54) is 0 Å². The zero-order valence-electron chi connectivity index (χ0n) is 14.0. The van der Waals surface area contributed by atoms with Gasteiger partial charge in [0, 0.05) is 49.4 Å². The summed E-state index contributed by atoms with van der Waals surface area (Å²) < 4.78 is 0. The van der Waals surface area contributed by atoms with Crippen LogP contribution in [0, 0.1) is 10.1 Å². The van der Waals surface area contributed by atoms with Crippen LogP contribution in [0.15, 0.2) is 54.6 Å². The van der Waals surface area contributed by atoms with E-state index in [4.69, 9.17) is 11.6 Å². The van der Waals surface area contributed by atoms with Crippen LogP contribution in [-0.4, -0.2) is 36.1 Å². The minimum absolute atomic E-state index is 0.113. The number of non-ortho nitro benzene ring substituents is 1. The fourth-order valence-electron chi connectivity index (χ4n) is 3.28. The number of aromatic nitrogens is 1. The van der Waals surface area contributed by atoms with Crippen molar-refractivity contribution in [3.8, 4) is 0 Å². The molecule has 4 rings (SSSR count). The van der Waals surface area contributed by atoms with Crippen LogP contribution in [0.3, 0.4) is 0 Å². The summed E-state index contributed by atoms with van der Waals surface area (Å²) in [5.41, 5.74) is 1.11. The molecule has 6 nitrogen and oxygen atoms in total. The largest absolute Gasteiger partial charge is 0.368 e. The molecule has 1 saturated heterocycles. The maximum Gasteiger partial charge on any atom is 0.269 e. The Hall–Kier alpha value is -2.86. The SMILES string of the molecule is O=[N+]([O-])c1ccc(N2CCN(c3cc4ccccc4c(Cl)n3)CC2)cc1. The number of nitro groups is 1. The molecule has 1 fully saturated rings. The molecule has 3 aromatic rings. The number of anilines is 2. The molecule has 0 atom stereocenters. The molecular formula is C19H17ClN4O2. The average Bonchev–Trinajstić information content (AvgIpc) is 2.68. The van der Waals surface area contributed by atoms with E-state index in [2.05, 4.69) is 20.9 Å². The van der Waals surface area contributed by atoms with E-state index in [1.807, 2.05) is 24.3 Å². The van der Waals surface area contributed by atoms with Crippen molar-refractivity contribution < 1.29 is 4.92 Å². The highest BCUT2D eigenvalue weighted by Gasteiger charge is 2.20. The van der Waals surface area contributed by atoms with Crippen molar-refractivity contribution in [3.05, 3.63) is 69.9 Å². The minimum atomic E-state index is -0.378. The molecule has 0 spiro atoms. The standard InChI is InChI=1S/C19H17ClN4O2/c20-19-17-4-2-1-3-14(17)13-18(21-19)23-11-9-22(10-12-23)15-5-7-16(8-6-15)24(25)26/h1-8,13H,9-12H2. The maximum atomic E-state index is 10.8. The monoisotopic (exact) mass is 368 g/mol. The number of nitrogens with zero attached hydrogens (tertiary/aromatic N) is 4. The van der Waals surface area contributed by atoms with Crippen LogP contribution in [-0.2, 0) is 0 Å². The zero-order valence-corrected chi connectivity index (χ0v) is 14.8. The van der Waals surface area contributed by atoms with Crippen molar-refractivity contribution in [1.82, 2.24) is 4.98 Å². The van der Waals surface area contributed by atoms with Gasteiger partial charge in [-0.05, 0) is 23.6 Å². The summed E-state index contributed by atoms with van der Waals surface area (Å²) in [6, 6.07) is 16.7. The average molecular weight is 369 g/mol. The van der Waals surface area contributed by atoms with Gasteiger partial charge in [0.1, 0.15) is 11.0 Å². The summed E-state index contributed by atoms with van der Waals surface area (Å²) in [5, 5.41) is 13.3. The van der Waals surface area contributed by atoms with Gasteiger partial charge in [0.2, 0.25) is 0 Å². The Labute approximate surface area is 155 Å². The lowest BCUT2D eigenvalue weighted by molar-refractivity contribution is -0.384. The second-order valence-electron chi connectivity index (χ2n) is 6.24. The molecule has 1 aliphatic rings. The summed E-state index contributed by atoms with van der Waals surface area (Å²) in [6.07, 6.45) is 0. The zero-order chi connectivity index (χ0) is 18.1. The maximum absolute atomic E-state index is 10.8. The van der Waals surface area contributed by atoms with Gasteiger partial charge < -0.3 is 9.80 Å². The van der Waals surface area contributed by atoms with Crippen molar-refractivity contribution in [2.45, 2.75) is 0 Å². The molecule has 0 unspecified atom stereocenters. The summed E-state index contributed by atoms with van der Waals surface area (Å²) in [6.45, 7) is 3.28. The number of halogens is 1. The first-order valence-electron chi connectivity index (χ1n) is 8.41. The number of benzene rings is 2. The van der Waals surface area contributed by atoms with E-state index in [9.17, 15) is 10.1 Å². The van der Waals surface area contributed by atoms with Crippen molar-refractivity contribution in [3.63, 3.8) is 0 Å². The lowest BCUT2D eigenvalue weighted by Crippen LogP contribution is -2.46. The Balaban J connectivity index is 1.49. The number of rotatable bonds is 3. The van der Waals surface area contributed by atoms with Crippen LogP contribution in [0.25, 0.3) is 10.8 Å². The minimum Gasteiger partial charge on any atom is -0.368 e. The van der Waals surface area contributed by atoms with E-state index in [-0.39, 0.29) is 10.6 Å². The third kappa shape index (κ3) is 3.15. The van der Waals surface area contributed by atoms with Gasteiger partial charge in [0.15, 0.2) is 0 Å². The molecule has 0 N–H and O–H groups in total. The predicted octanol–water partition coefficient (Wildman–Crippen LogP) is 4.12. The molecule has 1 aromatic heterocycles. The van der Waals surface area contributed by atoms with Crippen LogP contribution >= 0.6 is 11.6 Å². The molecule has 0 aliphatic carbocycles. The van der Waals surface area contributed by atoms with Gasteiger partial charge in [-0.1, -0.05) is 35.9 Å². The first kappa shape index (κ1) is 16.6. The van der Waals surface area contributed by atoms with Gasteiger partial charge in [-0.2, -0.15) is 0 Å². The summed E-state index contributed by atoms with van der Waals surface area (Å²) in [4.78, 5) is 19.4. The third-order valence-electron chi connectivity index (χ3n) is 4.71. The van der Waals surface area contributed by atoms with Gasteiger partial charge in [-0.3, -0.25) is 10.1 Å². The van der Waals surface area contributed by atoms with Gasteiger partial charge in [0.05, 0.1) is 4.92 Å². The smallest absolute Gasteiger partial charge is 0.269 e. The van der Waals surface area contributed by atoms with Crippen molar-refractivity contribution in [1.29, 1.82) is 0 Å². The Kier molecular flexibility index (Phi) is 4.34. The van der Waals surface area contributed by atoms with E-state index < -0.39 is 0 Å². The Morgan fingerprint density at radius 2 is 1.62 bits per heavy atom. The van der Waals surface area contributed by atoms with E-state index in [0.717, 1.165) is 48.5 Å². The van der Waals surface area contributed by atoms with Crippen molar-refractivity contribution in [2.75, 3.05) is 36.0 Å². The number of pyridine rings is 1. The van der Waals surface area contributed by atoms with Gasteiger partial charge in [-0.15, -0.1) is 0 Å². The van der Waals surface area contributed by atoms with E-state index in [0.29, 0.717) is 5.15 Å². The Morgan fingerprint density at radius 1 is 0.962 bits per heavy atom. The number of hydrogen-bond donors (Lipinski definition) is 0. The van der Waals surface area contributed by atoms with Gasteiger partial charge >= 0.3 is 0 Å². The second-order valence-corrected chi connectivity index (χ2v) is 6.60. The van der Waals surface area contributed by atoms with Gasteiger partial charge in [0.25, 0.3) is 5.69 Å². The lowest BCUT2D eigenvalue weighted by atomic mass is 10.1. The van der Waals surface area contributed by atoms with Gasteiger partial charge in [-0.25, -0.2) is 4.98 Å². The highest BCUT2D eigenvalue weighted by molar-refractivity contribution is 6.34. The fourth-order valence-corrected chi connectivity index (χ4v) is 3.54. The highest BCUT2D eigenvalue weighted by Crippen LogP contribution is 2.28. The molecule has 26 heavy (non-hydrogen) atoms. The Bertz CT molecular complexity index is 953. The van der Waals surface area contributed by atoms with Crippen LogP contribution in [0.1, 0.15) is 0 Å². The summed E-state index contributed by atoms with van der Waals surface area (Å²) in [7, 11) is 0. The lowest BCUT2D eigenvalue weighted by Gasteiger charge is -2.36.